The summed E-state index contributed by atoms with van der Waals surface area (Å²) >= 11 is 0. The molecule has 0 fully saturated rings. The van der Waals surface area contributed by atoms with Gasteiger partial charge in [0.2, 0.25) is 0 Å². The van der Waals surface area contributed by atoms with Crippen molar-refractivity contribution in [3.8, 4) is 0 Å². The summed E-state index contributed by atoms with van der Waals surface area (Å²) in [6.45, 7) is 4.10. The molecule has 0 saturated carbocycles. The zero-order valence-corrected chi connectivity index (χ0v) is 11.0. The second-order valence-electron chi connectivity index (χ2n) is 4.00. The minimum atomic E-state index is 0.427. The summed E-state index contributed by atoms with van der Waals surface area (Å²) in [6, 6.07) is 19.1. The van der Waals surface area contributed by atoms with Gasteiger partial charge in [-0.1, -0.05) is 67.2 Å². The lowest BCUT2D eigenvalue weighted by molar-refractivity contribution is -0.122. The molecule has 0 aliphatic carbocycles. The number of carbonyl (C=O) groups is 1. The number of hydrogen-bond acceptors (Lipinski definition) is 3. The molecule has 3 heteroatoms. The number of benzene rings is 2. The van der Waals surface area contributed by atoms with E-state index in [1.807, 2.05) is 60.7 Å². The third kappa shape index (κ3) is 3.14. The number of rotatable bonds is 6. The minimum Gasteiger partial charge on any atom is -0.426 e. The average molecular weight is 265 g/mol. The van der Waals surface area contributed by atoms with Crippen molar-refractivity contribution in [3.63, 3.8) is 0 Å². The van der Waals surface area contributed by atoms with Crippen LogP contribution >= 0.6 is 0 Å². The number of carbonyl (C=O) groups excluding carboxylic acids is 1. The van der Waals surface area contributed by atoms with Crippen LogP contribution in [-0.2, 0) is 9.53 Å². The molecule has 0 aliphatic rings. The molecule has 20 heavy (non-hydrogen) atoms. The highest BCUT2D eigenvalue weighted by Crippen LogP contribution is 2.25. The van der Waals surface area contributed by atoms with E-state index in [1.165, 1.54) is 0 Å². The molecule has 0 aliphatic heterocycles. The van der Waals surface area contributed by atoms with Crippen molar-refractivity contribution in [1.29, 1.82) is 0 Å². The van der Waals surface area contributed by atoms with Crippen molar-refractivity contribution >= 4 is 17.9 Å². The highest BCUT2D eigenvalue weighted by molar-refractivity contribution is 5.88. The van der Waals surface area contributed by atoms with E-state index in [-0.39, 0.29) is 0 Å². The van der Waals surface area contributed by atoms with E-state index in [2.05, 4.69) is 11.9 Å². The summed E-state index contributed by atoms with van der Waals surface area (Å²) in [7, 11) is 0. The number of hydrogen-bond donors (Lipinski definition) is 1. The third-order valence-corrected chi connectivity index (χ3v) is 2.74. The Morgan fingerprint density at radius 2 is 1.50 bits per heavy atom. The Morgan fingerprint density at radius 1 is 0.950 bits per heavy atom. The molecule has 2 rings (SSSR count). The molecule has 0 atom stereocenters. The molecular formula is C17H15NO2. The Bertz CT molecular complexity index is 548. The van der Waals surface area contributed by atoms with E-state index < -0.39 is 0 Å². The molecule has 1 N–H and O–H groups in total. The van der Waals surface area contributed by atoms with Gasteiger partial charge in [0.25, 0.3) is 6.47 Å². The van der Waals surface area contributed by atoms with Gasteiger partial charge in [0.1, 0.15) is 0 Å². The van der Waals surface area contributed by atoms with Crippen molar-refractivity contribution in [2.24, 2.45) is 0 Å². The fourth-order valence-electron chi connectivity index (χ4n) is 1.90. The predicted octanol–water partition coefficient (Wildman–Crippen LogP) is 3.42. The molecule has 100 valence electrons. The Kier molecular flexibility index (Phi) is 4.73. The summed E-state index contributed by atoms with van der Waals surface area (Å²) in [4.78, 5) is 10.8. The van der Waals surface area contributed by atoms with Crippen molar-refractivity contribution in [3.05, 3.63) is 84.6 Å². The zero-order valence-electron chi connectivity index (χ0n) is 11.0. The first-order valence-corrected chi connectivity index (χ1v) is 6.19. The monoisotopic (exact) mass is 265 g/mol. The molecule has 0 unspecified atom stereocenters. The summed E-state index contributed by atoms with van der Waals surface area (Å²) in [5, 5.41) is 3.04. The van der Waals surface area contributed by atoms with Gasteiger partial charge in [0.15, 0.2) is 5.76 Å². The van der Waals surface area contributed by atoms with E-state index in [0.29, 0.717) is 17.9 Å². The van der Waals surface area contributed by atoms with Crippen LogP contribution in [0.3, 0.4) is 0 Å². The van der Waals surface area contributed by atoms with Crippen molar-refractivity contribution < 1.29 is 9.53 Å². The van der Waals surface area contributed by atoms with E-state index >= 15 is 0 Å². The molecule has 0 bridgehead atoms. The lowest BCUT2D eigenvalue weighted by Gasteiger charge is -2.14. The Balaban J connectivity index is 2.59. The van der Waals surface area contributed by atoms with E-state index in [0.717, 1.165) is 11.1 Å². The first kappa shape index (κ1) is 13.6. The maximum Gasteiger partial charge on any atom is 0.298 e. The topological polar surface area (TPSA) is 38.3 Å². The molecule has 2 aromatic carbocycles. The molecule has 0 amide bonds. The summed E-state index contributed by atoms with van der Waals surface area (Å²) in [5.74, 6) is 0.465. The number of nitrogens with one attached hydrogen (secondary N) is 1. The van der Waals surface area contributed by atoms with Crippen molar-refractivity contribution in [2.45, 2.75) is 0 Å². The van der Waals surface area contributed by atoms with Gasteiger partial charge in [-0.15, -0.1) is 0 Å². The highest BCUT2D eigenvalue weighted by atomic mass is 16.5. The van der Waals surface area contributed by atoms with Gasteiger partial charge >= 0.3 is 0 Å². The predicted molar refractivity (Wildman–Crippen MR) is 80.2 cm³/mol. The van der Waals surface area contributed by atoms with Crippen LogP contribution in [0.1, 0.15) is 11.1 Å². The van der Waals surface area contributed by atoms with E-state index in [9.17, 15) is 4.79 Å². The average Bonchev–Trinajstić information content (AvgIpc) is 2.52. The van der Waals surface area contributed by atoms with Crippen LogP contribution in [0, 0.1) is 0 Å². The summed E-state index contributed by atoms with van der Waals surface area (Å²) in [5.41, 5.74) is 2.42. The Labute approximate surface area is 118 Å². The van der Waals surface area contributed by atoms with E-state index in [4.69, 9.17) is 4.74 Å². The second kappa shape index (κ2) is 6.95. The quantitative estimate of drug-likeness (QED) is 0.494. The zero-order chi connectivity index (χ0) is 14.2. The molecule has 0 saturated heterocycles. The largest absolute Gasteiger partial charge is 0.426 e. The van der Waals surface area contributed by atoms with Crippen molar-refractivity contribution in [1.82, 2.24) is 5.32 Å². The smallest absolute Gasteiger partial charge is 0.298 e. The van der Waals surface area contributed by atoms with Gasteiger partial charge in [-0.3, -0.25) is 4.79 Å². The van der Waals surface area contributed by atoms with Gasteiger partial charge in [0, 0.05) is 11.1 Å². The molecular weight excluding hydrogens is 250 g/mol. The van der Waals surface area contributed by atoms with Crippen LogP contribution in [0.5, 0.6) is 0 Å². The standard InChI is InChI=1S/C17H15NO2/c1-2-18-16(14-9-5-3-6-10-14)17(20-13-19)15-11-7-4-8-12-15/h2-13,18H,1H2/b17-16-. The minimum absolute atomic E-state index is 0.427. The van der Waals surface area contributed by atoms with Gasteiger partial charge in [0.05, 0.1) is 5.70 Å². The van der Waals surface area contributed by atoms with Crippen LogP contribution in [0.25, 0.3) is 11.5 Å². The van der Waals surface area contributed by atoms with Gasteiger partial charge in [-0.2, -0.15) is 0 Å². The Morgan fingerprint density at radius 3 is 2.00 bits per heavy atom. The second-order valence-corrected chi connectivity index (χ2v) is 4.00. The van der Waals surface area contributed by atoms with Crippen LogP contribution in [0.2, 0.25) is 0 Å². The molecule has 0 heterocycles. The maximum atomic E-state index is 10.8. The lowest BCUT2D eigenvalue weighted by Crippen LogP contribution is -2.08. The normalized spacial score (nSPS) is 11.2. The van der Waals surface area contributed by atoms with Crippen LogP contribution in [-0.4, -0.2) is 6.47 Å². The summed E-state index contributed by atoms with van der Waals surface area (Å²) < 4.78 is 5.19. The fraction of sp³-hybridized carbons (Fsp3) is 0. The van der Waals surface area contributed by atoms with Gasteiger partial charge < -0.3 is 10.1 Å². The summed E-state index contributed by atoms with van der Waals surface area (Å²) in [6.07, 6.45) is 1.55. The van der Waals surface area contributed by atoms with Crippen LogP contribution in [0.4, 0.5) is 0 Å². The van der Waals surface area contributed by atoms with Crippen molar-refractivity contribution in [2.75, 3.05) is 0 Å². The molecule has 0 aromatic heterocycles. The lowest BCUT2D eigenvalue weighted by atomic mass is 10.1. The first-order valence-electron chi connectivity index (χ1n) is 6.19. The molecule has 2 aromatic rings. The van der Waals surface area contributed by atoms with Gasteiger partial charge in [-0.25, -0.2) is 0 Å². The molecule has 3 nitrogen and oxygen atoms in total. The first-order chi connectivity index (χ1) is 9.86. The number of ether oxygens (including phenoxy) is 1. The van der Waals surface area contributed by atoms with Crippen LogP contribution < -0.4 is 5.32 Å². The fourth-order valence-corrected chi connectivity index (χ4v) is 1.90. The van der Waals surface area contributed by atoms with Gasteiger partial charge in [-0.05, 0) is 6.20 Å². The van der Waals surface area contributed by atoms with Crippen LogP contribution in [0.15, 0.2) is 73.4 Å². The highest BCUT2D eigenvalue weighted by Gasteiger charge is 2.12. The maximum absolute atomic E-state index is 10.8. The molecule has 0 spiro atoms. The van der Waals surface area contributed by atoms with E-state index in [1.54, 1.807) is 6.20 Å². The Hall–Kier alpha value is -2.81. The third-order valence-electron chi connectivity index (χ3n) is 2.74. The SMILES string of the molecule is C=CN/C(=C(\OC=O)c1ccccc1)c1ccccc1. The molecule has 0 radical (unpaired) electrons.